The van der Waals surface area contributed by atoms with E-state index >= 15 is 0 Å². The highest BCUT2D eigenvalue weighted by Gasteiger charge is 2.24. The van der Waals surface area contributed by atoms with Crippen molar-refractivity contribution in [3.8, 4) is 11.1 Å². The molecule has 1 unspecified atom stereocenters. The number of aliphatic hydroxyl groups excluding tert-OH is 1. The zero-order chi connectivity index (χ0) is 17.9. The van der Waals surface area contributed by atoms with Crippen LogP contribution in [0.2, 0.25) is 0 Å². The summed E-state index contributed by atoms with van der Waals surface area (Å²) in [6.07, 6.45) is -0.533. The van der Waals surface area contributed by atoms with Gasteiger partial charge in [-0.3, -0.25) is 4.90 Å². The Morgan fingerprint density at radius 2 is 1.46 bits per heavy atom. The number of oxime groups is 1. The van der Waals surface area contributed by atoms with Crippen molar-refractivity contribution < 1.29 is 9.94 Å². The van der Waals surface area contributed by atoms with Crippen LogP contribution in [0.25, 0.3) is 11.1 Å². The van der Waals surface area contributed by atoms with Gasteiger partial charge in [0.25, 0.3) is 0 Å². The third-order valence-corrected chi connectivity index (χ3v) is 5.14. The van der Waals surface area contributed by atoms with Gasteiger partial charge in [-0.05, 0) is 18.2 Å². The molecule has 5 nitrogen and oxygen atoms in total. The van der Waals surface area contributed by atoms with Gasteiger partial charge < -0.3 is 14.8 Å². The molecule has 1 heterocycles. The molecule has 0 spiro atoms. The van der Waals surface area contributed by atoms with Crippen LogP contribution in [-0.2, 0) is 4.84 Å². The summed E-state index contributed by atoms with van der Waals surface area (Å²) in [5, 5.41) is 14.7. The largest absolute Gasteiger partial charge is 0.392 e. The van der Waals surface area contributed by atoms with E-state index in [0.29, 0.717) is 6.54 Å². The minimum Gasteiger partial charge on any atom is -0.392 e. The fraction of sp³-hybridized carbons (Fsp3) is 0.381. The normalized spacial score (nSPS) is 18.3. The molecule has 4 rings (SSSR count). The predicted molar refractivity (Wildman–Crippen MR) is 103 cm³/mol. The molecule has 0 bridgehead atoms. The van der Waals surface area contributed by atoms with E-state index in [1.807, 2.05) is 24.3 Å². The van der Waals surface area contributed by atoms with Crippen molar-refractivity contribution in [2.45, 2.75) is 6.10 Å². The van der Waals surface area contributed by atoms with Crippen molar-refractivity contribution in [2.75, 3.05) is 46.4 Å². The second-order valence-corrected chi connectivity index (χ2v) is 7.08. The van der Waals surface area contributed by atoms with Crippen LogP contribution in [0.5, 0.6) is 0 Å². The van der Waals surface area contributed by atoms with Crippen molar-refractivity contribution in [3.05, 3.63) is 59.7 Å². The van der Waals surface area contributed by atoms with Crippen LogP contribution in [0, 0.1) is 0 Å². The zero-order valence-electron chi connectivity index (χ0n) is 15.1. The van der Waals surface area contributed by atoms with E-state index in [1.54, 1.807) is 0 Å². The Morgan fingerprint density at radius 3 is 2.04 bits per heavy atom. The molecule has 0 aromatic heterocycles. The van der Waals surface area contributed by atoms with Crippen LogP contribution >= 0.6 is 0 Å². The first-order valence-electron chi connectivity index (χ1n) is 9.20. The Balaban J connectivity index is 1.41. The standard InChI is InChI=1S/C21H25N3O2/c1-23-10-12-24(13-11-23)14-16(25)15-26-22-21-19-8-4-2-6-17(19)18-7-3-5-9-20(18)21/h2-9,16,25H,10-15H2,1H3. The third-order valence-electron chi connectivity index (χ3n) is 5.14. The number of β-amino-alcohol motifs (C(OH)–C–C–N with tert-alkyl or cyclic N) is 1. The van der Waals surface area contributed by atoms with Crippen LogP contribution in [-0.4, -0.2) is 73.1 Å². The van der Waals surface area contributed by atoms with Crippen molar-refractivity contribution in [1.29, 1.82) is 0 Å². The first kappa shape index (κ1) is 17.2. The monoisotopic (exact) mass is 351 g/mol. The molecule has 0 amide bonds. The molecule has 1 atom stereocenters. The number of hydrogen-bond donors (Lipinski definition) is 1. The molecule has 5 heteroatoms. The number of piperazine rings is 1. The van der Waals surface area contributed by atoms with Crippen LogP contribution in [0.4, 0.5) is 0 Å². The zero-order valence-corrected chi connectivity index (χ0v) is 15.1. The van der Waals surface area contributed by atoms with Gasteiger partial charge in [-0.2, -0.15) is 0 Å². The van der Waals surface area contributed by atoms with Crippen molar-refractivity contribution >= 4 is 5.71 Å². The van der Waals surface area contributed by atoms with Crippen molar-refractivity contribution in [1.82, 2.24) is 9.80 Å². The van der Waals surface area contributed by atoms with E-state index in [-0.39, 0.29) is 6.61 Å². The van der Waals surface area contributed by atoms with E-state index < -0.39 is 6.10 Å². The smallest absolute Gasteiger partial charge is 0.144 e. The lowest BCUT2D eigenvalue weighted by molar-refractivity contribution is 0.0110. The first-order chi connectivity index (χ1) is 12.7. The Morgan fingerprint density at radius 1 is 0.923 bits per heavy atom. The molecule has 2 aromatic rings. The van der Waals surface area contributed by atoms with Gasteiger partial charge >= 0.3 is 0 Å². The van der Waals surface area contributed by atoms with Gasteiger partial charge in [0.05, 0.1) is 0 Å². The molecular formula is C21H25N3O2. The van der Waals surface area contributed by atoms with Crippen LogP contribution in [0.15, 0.2) is 53.7 Å². The third kappa shape index (κ3) is 3.51. The fourth-order valence-corrected chi connectivity index (χ4v) is 3.66. The molecule has 2 aliphatic rings. The van der Waals surface area contributed by atoms with Gasteiger partial charge in [0, 0.05) is 43.9 Å². The highest BCUT2D eigenvalue weighted by Crippen LogP contribution is 2.36. The van der Waals surface area contributed by atoms with Crippen LogP contribution < -0.4 is 0 Å². The predicted octanol–water partition coefficient (Wildman–Crippen LogP) is 2.04. The van der Waals surface area contributed by atoms with Gasteiger partial charge in [0.15, 0.2) is 0 Å². The van der Waals surface area contributed by atoms with Crippen LogP contribution in [0.1, 0.15) is 11.1 Å². The molecule has 1 aliphatic heterocycles. The average molecular weight is 351 g/mol. The lowest BCUT2D eigenvalue weighted by Crippen LogP contribution is -2.47. The second kappa shape index (κ2) is 7.58. The Kier molecular flexibility index (Phi) is 5.02. The summed E-state index contributed by atoms with van der Waals surface area (Å²) in [5.41, 5.74) is 5.39. The van der Waals surface area contributed by atoms with E-state index in [1.165, 1.54) is 11.1 Å². The van der Waals surface area contributed by atoms with E-state index in [0.717, 1.165) is 43.0 Å². The van der Waals surface area contributed by atoms with Crippen molar-refractivity contribution in [3.63, 3.8) is 0 Å². The molecule has 136 valence electrons. The van der Waals surface area contributed by atoms with Gasteiger partial charge in [-0.1, -0.05) is 53.7 Å². The van der Waals surface area contributed by atoms with Crippen molar-refractivity contribution in [2.24, 2.45) is 5.16 Å². The summed E-state index contributed by atoms with van der Waals surface area (Å²) < 4.78 is 0. The summed E-state index contributed by atoms with van der Waals surface area (Å²) in [4.78, 5) is 10.1. The van der Waals surface area contributed by atoms with Crippen LogP contribution in [0.3, 0.4) is 0 Å². The van der Waals surface area contributed by atoms with E-state index in [2.05, 4.69) is 46.3 Å². The first-order valence-corrected chi connectivity index (χ1v) is 9.20. The lowest BCUT2D eigenvalue weighted by atomic mass is 10.1. The van der Waals surface area contributed by atoms with Gasteiger partial charge in [-0.15, -0.1) is 0 Å². The maximum atomic E-state index is 10.3. The summed E-state index contributed by atoms with van der Waals surface area (Å²) >= 11 is 0. The average Bonchev–Trinajstić information content (AvgIpc) is 2.98. The quantitative estimate of drug-likeness (QED) is 0.715. The Hall–Kier alpha value is -2.21. The Labute approximate surface area is 154 Å². The molecule has 0 radical (unpaired) electrons. The number of fused-ring (bicyclic) bond motifs is 3. The highest BCUT2D eigenvalue weighted by molar-refractivity contribution is 6.24. The number of benzene rings is 2. The molecule has 1 saturated heterocycles. The maximum absolute atomic E-state index is 10.3. The molecule has 26 heavy (non-hydrogen) atoms. The molecule has 2 aromatic carbocycles. The van der Waals surface area contributed by atoms with Gasteiger partial charge in [0.1, 0.15) is 18.4 Å². The lowest BCUT2D eigenvalue weighted by Gasteiger charge is -2.33. The van der Waals surface area contributed by atoms with E-state index in [9.17, 15) is 5.11 Å². The molecule has 0 saturated carbocycles. The summed E-state index contributed by atoms with van der Waals surface area (Å²) in [6, 6.07) is 16.5. The number of rotatable bonds is 5. The maximum Gasteiger partial charge on any atom is 0.144 e. The summed E-state index contributed by atoms with van der Waals surface area (Å²) in [6.45, 7) is 4.91. The topological polar surface area (TPSA) is 48.3 Å². The molecule has 1 fully saturated rings. The highest BCUT2D eigenvalue weighted by atomic mass is 16.6. The second-order valence-electron chi connectivity index (χ2n) is 7.08. The van der Waals surface area contributed by atoms with E-state index in [4.69, 9.17) is 4.84 Å². The number of hydrogen-bond acceptors (Lipinski definition) is 5. The van der Waals surface area contributed by atoms with Gasteiger partial charge in [0.2, 0.25) is 0 Å². The number of aliphatic hydroxyl groups is 1. The Bertz CT molecular complexity index is 750. The minimum absolute atomic E-state index is 0.209. The molecular weight excluding hydrogens is 326 g/mol. The van der Waals surface area contributed by atoms with Gasteiger partial charge in [-0.25, -0.2) is 0 Å². The fourth-order valence-electron chi connectivity index (χ4n) is 3.66. The summed E-state index contributed by atoms with van der Waals surface area (Å²) in [7, 11) is 2.13. The number of likely N-dealkylation sites (N-methyl/N-ethyl adjacent to an activating group) is 1. The SMILES string of the molecule is CN1CCN(CC(O)CON=C2c3ccccc3-c3ccccc32)CC1. The summed E-state index contributed by atoms with van der Waals surface area (Å²) in [5.74, 6) is 0. The molecule has 1 N–H and O–H groups in total. The number of nitrogens with zero attached hydrogens (tertiary/aromatic N) is 3. The minimum atomic E-state index is -0.533. The molecule has 1 aliphatic carbocycles.